The van der Waals surface area contributed by atoms with Gasteiger partial charge in [0.05, 0.1) is 34.9 Å². The lowest BCUT2D eigenvalue weighted by Crippen LogP contribution is -2.34. The number of rotatable bonds is 5. The van der Waals surface area contributed by atoms with E-state index in [1.165, 1.54) is 37.7 Å². The molecule has 1 aromatic heterocycles. The van der Waals surface area contributed by atoms with Crippen molar-refractivity contribution >= 4 is 55.6 Å². The summed E-state index contributed by atoms with van der Waals surface area (Å²) >= 11 is 6.35. The van der Waals surface area contributed by atoms with Crippen LogP contribution in [0.4, 0.5) is 10.8 Å². The molecule has 0 aliphatic heterocycles. The second-order valence-corrected chi connectivity index (χ2v) is 6.84. The highest BCUT2D eigenvalue weighted by atomic mass is 32.1. The van der Waals surface area contributed by atoms with Crippen LogP contribution >= 0.6 is 23.6 Å². The largest absolute Gasteiger partial charge is 0.497 e. The van der Waals surface area contributed by atoms with Gasteiger partial charge in [-0.15, -0.1) is 0 Å². The van der Waals surface area contributed by atoms with Crippen LogP contribution in [0.15, 0.2) is 36.4 Å². The molecular formula is C17H14N4O5S2. The molecule has 0 spiro atoms. The van der Waals surface area contributed by atoms with Crippen LogP contribution < -0.4 is 20.1 Å². The first-order valence-electron chi connectivity index (χ1n) is 7.80. The highest BCUT2D eigenvalue weighted by Gasteiger charge is 2.16. The van der Waals surface area contributed by atoms with Gasteiger partial charge < -0.3 is 14.8 Å². The number of hydrogen-bond donors (Lipinski definition) is 2. The van der Waals surface area contributed by atoms with Gasteiger partial charge in [0.25, 0.3) is 11.6 Å². The average molecular weight is 418 g/mol. The van der Waals surface area contributed by atoms with Gasteiger partial charge in [-0.3, -0.25) is 20.2 Å². The molecule has 3 rings (SSSR count). The summed E-state index contributed by atoms with van der Waals surface area (Å²) in [7, 11) is 2.96. The summed E-state index contributed by atoms with van der Waals surface area (Å²) in [6, 6.07) is 9.15. The van der Waals surface area contributed by atoms with E-state index in [1.807, 2.05) is 0 Å². The Kier molecular flexibility index (Phi) is 5.66. The molecule has 2 N–H and O–H groups in total. The van der Waals surface area contributed by atoms with Crippen molar-refractivity contribution in [1.82, 2.24) is 10.3 Å². The van der Waals surface area contributed by atoms with E-state index in [4.69, 9.17) is 21.7 Å². The van der Waals surface area contributed by atoms with E-state index in [0.717, 1.165) is 0 Å². The molecule has 144 valence electrons. The topological polar surface area (TPSA) is 116 Å². The van der Waals surface area contributed by atoms with Gasteiger partial charge in [0.1, 0.15) is 11.5 Å². The number of nitrogens with zero attached hydrogens (tertiary/aromatic N) is 2. The van der Waals surface area contributed by atoms with Crippen molar-refractivity contribution in [3.8, 4) is 11.5 Å². The van der Waals surface area contributed by atoms with Crippen LogP contribution in [0, 0.1) is 10.1 Å². The summed E-state index contributed by atoms with van der Waals surface area (Å²) in [6.07, 6.45) is 0. The first kappa shape index (κ1) is 19.5. The fraction of sp³-hybridized carbons (Fsp3) is 0.118. The zero-order valence-electron chi connectivity index (χ0n) is 14.7. The van der Waals surface area contributed by atoms with Crippen LogP contribution in [0.5, 0.6) is 11.5 Å². The number of ether oxygens (including phenoxy) is 2. The zero-order chi connectivity index (χ0) is 20.3. The molecule has 0 saturated heterocycles. The van der Waals surface area contributed by atoms with Crippen molar-refractivity contribution in [3.63, 3.8) is 0 Å². The third-order valence-electron chi connectivity index (χ3n) is 3.68. The molecule has 0 radical (unpaired) electrons. The lowest BCUT2D eigenvalue weighted by atomic mass is 10.2. The van der Waals surface area contributed by atoms with Gasteiger partial charge in [0.2, 0.25) is 0 Å². The number of carbonyl (C=O) groups is 1. The second kappa shape index (κ2) is 8.15. The molecule has 1 amide bonds. The number of amides is 1. The van der Waals surface area contributed by atoms with Crippen LogP contribution in [-0.2, 0) is 0 Å². The fourth-order valence-corrected chi connectivity index (χ4v) is 3.52. The summed E-state index contributed by atoms with van der Waals surface area (Å²) in [4.78, 5) is 27.2. The van der Waals surface area contributed by atoms with Crippen molar-refractivity contribution in [2.75, 3.05) is 19.5 Å². The molecule has 0 fully saturated rings. The Morgan fingerprint density at radius 3 is 2.68 bits per heavy atom. The average Bonchev–Trinajstić information content (AvgIpc) is 3.08. The SMILES string of the molecule is COc1ccc(C(=O)NC(=S)Nc2nc3ccc([N+](=O)[O-])cc3s2)c(OC)c1. The van der Waals surface area contributed by atoms with Crippen LogP contribution in [0.3, 0.4) is 0 Å². The molecule has 3 aromatic rings. The molecule has 0 atom stereocenters. The van der Waals surface area contributed by atoms with Crippen LogP contribution in [-0.4, -0.2) is 35.1 Å². The number of nitrogens with one attached hydrogen (secondary N) is 2. The maximum atomic E-state index is 12.5. The number of thiocarbonyl (C=S) groups is 1. The number of nitro benzene ring substituents is 1. The Hall–Kier alpha value is -3.31. The Morgan fingerprint density at radius 1 is 1.21 bits per heavy atom. The molecule has 28 heavy (non-hydrogen) atoms. The quantitative estimate of drug-likeness (QED) is 0.368. The maximum absolute atomic E-state index is 12.5. The molecule has 9 nitrogen and oxygen atoms in total. The monoisotopic (exact) mass is 418 g/mol. The Balaban J connectivity index is 1.72. The molecule has 0 unspecified atom stereocenters. The van der Waals surface area contributed by atoms with E-state index in [-0.39, 0.29) is 16.4 Å². The van der Waals surface area contributed by atoms with Gasteiger partial charge in [-0.2, -0.15) is 0 Å². The molecule has 0 aliphatic carbocycles. The zero-order valence-corrected chi connectivity index (χ0v) is 16.3. The summed E-state index contributed by atoms with van der Waals surface area (Å²) < 4.78 is 10.9. The first-order chi connectivity index (χ1) is 13.4. The number of aromatic nitrogens is 1. The Morgan fingerprint density at radius 2 is 2.00 bits per heavy atom. The van der Waals surface area contributed by atoms with E-state index < -0.39 is 10.8 Å². The molecule has 0 bridgehead atoms. The summed E-state index contributed by atoms with van der Waals surface area (Å²) in [6.45, 7) is 0. The van der Waals surface area contributed by atoms with E-state index >= 15 is 0 Å². The molecule has 0 saturated carbocycles. The lowest BCUT2D eigenvalue weighted by molar-refractivity contribution is -0.384. The van der Waals surface area contributed by atoms with E-state index in [0.29, 0.717) is 26.8 Å². The summed E-state index contributed by atoms with van der Waals surface area (Å²) in [5.74, 6) is 0.429. The standard InChI is InChI=1S/C17H14N4O5S2/c1-25-10-4-5-11(13(8-10)26-2)15(22)19-16(27)20-17-18-12-6-3-9(21(23)24)7-14(12)28-17/h3-8H,1-2H3,(H2,18,19,20,22,27). The highest BCUT2D eigenvalue weighted by molar-refractivity contribution is 7.80. The lowest BCUT2D eigenvalue weighted by Gasteiger charge is -2.11. The Bertz CT molecular complexity index is 1080. The highest BCUT2D eigenvalue weighted by Crippen LogP contribution is 2.29. The predicted octanol–water partition coefficient (Wildman–Crippen LogP) is 3.35. The minimum Gasteiger partial charge on any atom is -0.497 e. The molecular weight excluding hydrogens is 404 g/mol. The van der Waals surface area contributed by atoms with Gasteiger partial charge in [0, 0.05) is 18.2 Å². The van der Waals surface area contributed by atoms with Gasteiger partial charge >= 0.3 is 0 Å². The van der Waals surface area contributed by atoms with Crippen LogP contribution in [0.2, 0.25) is 0 Å². The van der Waals surface area contributed by atoms with E-state index in [1.54, 1.807) is 24.3 Å². The van der Waals surface area contributed by atoms with Crippen molar-refractivity contribution in [3.05, 3.63) is 52.1 Å². The summed E-state index contributed by atoms with van der Waals surface area (Å²) in [5.41, 5.74) is 0.849. The number of fused-ring (bicyclic) bond motifs is 1. The Labute approximate surface area is 168 Å². The van der Waals surface area contributed by atoms with Gasteiger partial charge in [-0.25, -0.2) is 4.98 Å². The number of methoxy groups -OCH3 is 2. The fourth-order valence-electron chi connectivity index (χ4n) is 2.37. The van der Waals surface area contributed by atoms with Crippen molar-refractivity contribution in [1.29, 1.82) is 0 Å². The number of benzene rings is 2. The second-order valence-electron chi connectivity index (χ2n) is 5.40. The minimum absolute atomic E-state index is 0.0230. The van der Waals surface area contributed by atoms with Crippen molar-refractivity contribution in [2.24, 2.45) is 0 Å². The van der Waals surface area contributed by atoms with E-state index in [2.05, 4.69) is 15.6 Å². The third-order valence-corrected chi connectivity index (χ3v) is 4.82. The number of nitro groups is 1. The van der Waals surface area contributed by atoms with Gasteiger partial charge in [-0.05, 0) is 30.4 Å². The molecule has 0 aliphatic rings. The van der Waals surface area contributed by atoms with Crippen LogP contribution in [0.25, 0.3) is 10.2 Å². The smallest absolute Gasteiger partial charge is 0.270 e. The number of thiazole rings is 1. The maximum Gasteiger partial charge on any atom is 0.270 e. The predicted molar refractivity (Wildman–Crippen MR) is 110 cm³/mol. The molecule has 2 aromatic carbocycles. The van der Waals surface area contributed by atoms with Gasteiger partial charge in [-0.1, -0.05) is 11.3 Å². The number of carbonyl (C=O) groups excluding carboxylic acids is 1. The molecule has 11 heteroatoms. The molecule has 1 heterocycles. The van der Waals surface area contributed by atoms with Crippen molar-refractivity contribution < 1.29 is 19.2 Å². The number of non-ortho nitro benzene ring substituents is 1. The van der Waals surface area contributed by atoms with E-state index in [9.17, 15) is 14.9 Å². The van der Waals surface area contributed by atoms with Crippen LogP contribution in [0.1, 0.15) is 10.4 Å². The third kappa shape index (κ3) is 4.15. The van der Waals surface area contributed by atoms with Gasteiger partial charge in [0.15, 0.2) is 10.2 Å². The number of hydrogen-bond acceptors (Lipinski definition) is 8. The van der Waals surface area contributed by atoms with Crippen molar-refractivity contribution in [2.45, 2.75) is 0 Å². The minimum atomic E-state index is -0.473. The normalized spacial score (nSPS) is 10.4. The number of anilines is 1. The summed E-state index contributed by atoms with van der Waals surface area (Å²) in [5, 5.41) is 16.7. The first-order valence-corrected chi connectivity index (χ1v) is 9.03.